The van der Waals surface area contributed by atoms with Gasteiger partial charge in [-0.2, -0.15) is 5.10 Å². The number of carbonyl (C=O) groups excluding carboxylic acids is 1. The molecule has 0 saturated heterocycles. The van der Waals surface area contributed by atoms with Crippen molar-refractivity contribution in [2.75, 3.05) is 6.61 Å². The van der Waals surface area contributed by atoms with Crippen LogP contribution in [-0.4, -0.2) is 18.9 Å². The predicted octanol–water partition coefficient (Wildman–Crippen LogP) is 2.71. The molecule has 1 saturated carbocycles. The summed E-state index contributed by atoms with van der Waals surface area (Å²) in [6.45, 7) is 6.75. The van der Waals surface area contributed by atoms with Crippen molar-refractivity contribution in [2.45, 2.75) is 33.6 Å². The zero-order chi connectivity index (χ0) is 12.5. The van der Waals surface area contributed by atoms with Crippen LogP contribution in [0, 0.1) is 17.3 Å². The van der Waals surface area contributed by atoms with Gasteiger partial charge in [0.15, 0.2) is 0 Å². The molecule has 0 aromatic heterocycles. The smallest absolute Gasteiger partial charge is 0.427 e. The average Bonchev–Trinajstić information content (AvgIpc) is 2.29. The molecule has 3 aliphatic rings. The van der Waals surface area contributed by atoms with E-state index in [1.807, 2.05) is 0 Å². The lowest BCUT2D eigenvalue weighted by Crippen LogP contribution is -2.48. The number of amides is 1. The highest BCUT2D eigenvalue weighted by molar-refractivity contribution is 5.81. The molecular formula is C13H20N2O2. The van der Waals surface area contributed by atoms with Gasteiger partial charge in [0.05, 0.1) is 12.8 Å². The molecule has 4 nitrogen and oxygen atoms in total. The third-order valence-electron chi connectivity index (χ3n) is 4.16. The Balaban J connectivity index is 1.90. The number of hydrogen-bond donors (Lipinski definition) is 1. The van der Waals surface area contributed by atoms with Gasteiger partial charge in [-0.25, -0.2) is 10.2 Å². The minimum Gasteiger partial charge on any atom is -0.449 e. The highest BCUT2D eigenvalue weighted by atomic mass is 16.5. The van der Waals surface area contributed by atoms with E-state index in [0.717, 1.165) is 12.3 Å². The summed E-state index contributed by atoms with van der Waals surface area (Å²) in [5.74, 6) is 1.41. The number of ether oxygens (including phenoxy) is 1. The molecule has 1 fully saturated rings. The monoisotopic (exact) mass is 236 g/mol. The number of allylic oxidation sites excluding steroid dienone is 2. The summed E-state index contributed by atoms with van der Waals surface area (Å²) >= 11 is 0. The van der Waals surface area contributed by atoms with Crippen molar-refractivity contribution in [3.63, 3.8) is 0 Å². The Kier molecular flexibility index (Phi) is 3.22. The Hall–Kier alpha value is -1.32. The molecule has 0 aliphatic heterocycles. The molecule has 94 valence electrons. The zero-order valence-corrected chi connectivity index (χ0v) is 10.7. The number of hydrogen-bond acceptors (Lipinski definition) is 3. The average molecular weight is 236 g/mol. The van der Waals surface area contributed by atoms with Crippen molar-refractivity contribution in [2.24, 2.45) is 22.4 Å². The molecule has 0 aromatic rings. The molecule has 3 rings (SSSR count). The normalized spacial score (nSPS) is 29.5. The summed E-state index contributed by atoms with van der Waals surface area (Å²) in [7, 11) is 0. The largest absolute Gasteiger partial charge is 0.449 e. The van der Waals surface area contributed by atoms with E-state index in [2.05, 4.69) is 30.5 Å². The van der Waals surface area contributed by atoms with E-state index in [9.17, 15) is 4.79 Å². The summed E-state index contributed by atoms with van der Waals surface area (Å²) in [5.41, 5.74) is 4.00. The van der Waals surface area contributed by atoms with Crippen LogP contribution < -0.4 is 5.43 Å². The maximum Gasteiger partial charge on any atom is 0.427 e. The molecule has 0 aromatic carbocycles. The van der Waals surface area contributed by atoms with Gasteiger partial charge in [-0.05, 0) is 42.6 Å². The molecule has 1 amide bonds. The second kappa shape index (κ2) is 4.51. The van der Waals surface area contributed by atoms with Gasteiger partial charge in [-0.3, -0.25) is 0 Å². The third-order valence-corrected chi connectivity index (χ3v) is 4.16. The van der Waals surface area contributed by atoms with Crippen LogP contribution in [0.15, 0.2) is 16.8 Å². The van der Waals surface area contributed by atoms with E-state index in [4.69, 9.17) is 4.74 Å². The van der Waals surface area contributed by atoms with Crippen molar-refractivity contribution in [1.82, 2.24) is 5.43 Å². The van der Waals surface area contributed by atoms with E-state index < -0.39 is 6.09 Å². The lowest BCUT2D eigenvalue weighted by Gasteiger charge is -2.55. The molecule has 17 heavy (non-hydrogen) atoms. The molecule has 0 heterocycles. The van der Waals surface area contributed by atoms with Gasteiger partial charge in [-0.1, -0.05) is 19.9 Å². The van der Waals surface area contributed by atoms with Gasteiger partial charge < -0.3 is 4.74 Å². The summed E-state index contributed by atoms with van der Waals surface area (Å²) in [6.07, 6.45) is 5.89. The van der Waals surface area contributed by atoms with Gasteiger partial charge >= 0.3 is 6.09 Å². The fourth-order valence-electron chi connectivity index (χ4n) is 2.87. The van der Waals surface area contributed by atoms with E-state index >= 15 is 0 Å². The van der Waals surface area contributed by atoms with E-state index in [-0.39, 0.29) is 0 Å². The Morgan fingerprint density at radius 3 is 3.06 bits per heavy atom. The lowest BCUT2D eigenvalue weighted by molar-refractivity contribution is -0.00126. The Morgan fingerprint density at radius 2 is 2.47 bits per heavy atom. The topological polar surface area (TPSA) is 50.7 Å². The van der Waals surface area contributed by atoms with Crippen LogP contribution in [0.4, 0.5) is 4.79 Å². The maximum atomic E-state index is 11.0. The Bertz CT molecular complexity index is 372. The van der Waals surface area contributed by atoms with Gasteiger partial charge in [0, 0.05) is 0 Å². The predicted molar refractivity (Wildman–Crippen MR) is 66.7 cm³/mol. The van der Waals surface area contributed by atoms with Gasteiger partial charge in [-0.15, -0.1) is 0 Å². The van der Waals surface area contributed by atoms with Crippen LogP contribution in [-0.2, 0) is 4.74 Å². The number of nitrogens with zero attached hydrogens (tertiary/aromatic N) is 1. The molecule has 3 aliphatic carbocycles. The zero-order valence-electron chi connectivity index (χ0n) is 10.7. The van der Waals surface area contributed by atoms with E-state index in [1.54, 1.807) is 13.1 Å². The van der Waals surface area contributed by atoms with Crippen LogP contribution >= 0.6 is 0 Å². The van der Waals surface area contributed by atoms with Crippen molar-refractivity contribution < 1.29 is 9.53 Å². The number of fused-ring (bicyclic) bond motifs is 1. The Labute approximate surface area is 102 Å². The molecular weight excluding hydrogens is 216 g/mol. The van der Waals surface area contributed by atoms with Crippen molar-refractivity contribution >= 4 is 12.3 Å². The molecule has 1 N–H and O–H groups in total. The van der Waals surface area contributed by atoms with Gasteiger partial charge in [0.1, 0.15) is 0 Å². The summed E-state index contributed by atoms with van der Waals surface area (Å²) in [5, 5.41) is 3.94. The number of hydrazone groups is 1. The molecule has 4 heteroatoms. The van der Waals surface area contributed by atoms with Crippen molar-refractivity contribution in [1.29, 1.82) is 0 Å². The minimum absolute atomic E-state index is 0.362. The highest BCUT2D eigenvalue weighted by Gasteiger charge is 2.50. The summed E-state index contributed by atoms with van der Waals surface area (Å²) in [4.78, 5) is 11.0. The van der Waals surface area contributed by atoms with Crippen LogP contribution in [0.3, 0.4) is 0 Å². The molecule has 2 bridgehead atoms. The fourth-order valence-corrected chi connectivity index (χ4v) is 2.87. The van der Waals surface area contributed by atoms with E-state index in [1.165, 1.54) is 12.0 Å². The first-order chi connectivity index (χ1) is 8.05. The SMILES string of the molecule is CCOC(=O)NN=CC1=CC[C@H]2C[C@H]1C2(C)C. The number of nitrogens with one attached hydrogen (secondary N) is 1. The number of carbonyl (C=O) groups is 1. The molecule has 2 atom stereocenters. The third kappa shape index (κ3) is 2.21. The quantitative estimate of drug-likeness (QED) is 0.605. The summed E-state index contributed by atoms with van der Waals surface area (Å²) < 4.78 is 4.73. The first kappa shape index (κ1) is 12.1. The highest BCUT2D eigenvalue weighted by Crippen LogP contribution is 2.58. The lowest BCUT2D eigenvalue weighted by atomic mass is 9.49. The summed E-state index contributed by atoms with van der Waals surface area (Å²) in [6, 6.07) is 0. The fraction of sp³-hybridized carbons (Fsp3) is 0.692. The van der Waals surface area contributed by atoms with Crippen LogP contribution in [0.25, 0.3) is 0 Å². The second-order valence-electron chi connectivity index (χ2n) is 5.34. The van der Waals surface area contributed by atoms with Crippen molar-refractivity contribution in [3.8, 4) is 0 Å². The minimum atomic E-state index is -0.495. The van der Waals surface area contributed by atoms with Crippen LogP contribution in [0.5, 0.6) is 0 Å². The van der Waals surface area contributed by atoms with Gasteiger partial charge in [0.2, 0.25) is 0 Å². The molecule has 0 spiro atoms. The van der Waals surface area contributed by atoms with Gasteiger partial charge in [0.25, 0.3) is 0 Å². The second-order valence-corrected chi connectivity index (χ2v) is 5.34. The van der Waals surface area contributed by atoms with Crippen LogP contribution in [0.1, 0.15) is 33.6 Å². The Morgan fingerprint density at radius 1 is 1.71 bits per heavy atom. The van der Waals surface area contributed by atoms with E-state index in [0.29, 0.717) is 17.9 Å². The first-order valence-corrected chi connectivity index (χ1v) is 6.21. The van der Waals surface area contributed by atoms with Crippen LogP contribution in [0.2, 0.25) is 0 Å². The standard InChI is InChI=1S/C13H20N2O2/c1-4-17-12(16)15-14-8-9-5-6-10-7-11(9)13(10,2)3/h5,8,10-11H,4,6-7H2,1-3H3,(H,15,16)/t10-,11+/m0/s1. The molecule has 0 radical (unpaired) electrons. The number of rotatable bonds is 3. The first-order valence-electron chi connectivity index (χ1n) is 6.21. The molecule has 0 unspecified atom stereocenters. The van der Waals surface area contributed by atoms with Crippen molar-refractivity contribution in [3.05, 3.63) is 11.6 Å². The maximum absolute atomic E-state index is 11.0.